The summed E-state index contributed by atoms with van der Waals surface area (Å²) in [6, 6.07) is 0. The molecule has 0 fully saturated rings. The van der Waals surface area contributed by atoms with Crippen molar-refractivity contribution in [1.29, 1.82) is 0 Å². The molecule has 10 heavy (non-hydrogen) atoms. The lowest BCUT2D eigenvalue weighted by molar-refractivity contribution is -0.144. The third-order valence-corrected chi connectivity index (χ3v) is 0.993. The van der Waals surface area contributed by atoms with Gasteiger partial charge in [-0.3, -0.25) is 0 Å². The highest BCUT2D eigenvalue weighted by molar-refractivity contribution is 5.74. The van der Waals surface area contributed by atoms with Gasteiger partial charge >= 0.3 is 5.97 Å². The van der Waals surface area contributed by atoms with Crippen molar-refractivity contribution in [2.24, 2.45) is 0 Å². The van der Waals surface area contributed by atoms with Crippen molar-refractivity contribution in [3.63, 3.8) is 0 Å². The molecule has 0 aliphatic carbocycles. The van der Waals surface area contributed by atoms with Crippen molar-refractivity contribution in [2.45, 2.75) is 26.9 Å². The summed E-state index contributed by atoms with van der Waals surface area (Å²) in [5.41, 5.74) is 0. The molecule has 0 spiro atoms. The van der Waals surface area contributed by atoms with Crippen LogP contribution in [0.5, 0.6) is 0 Å². The Morgan fingerprint density at radius 3 is 2.50 bits per heavy atom. The second-order valence-corrected chi connectivity index (χ2v) is 1.94. The van der Waals surface area contributed by atoms with E-state index in [9.17, 15) is 9.18 Å². The molecule has 2 nitrogen and oxygen atoms in total. The largest absolute Gasteiger partial charge is 0.430 e. The van der Waals surface area contributed by atoms with Gasteiger partial charge in [0.1, 0.15) is 5.76 Å². The van der Waals surface area contributed by atoms with Crippen LogP contribution in [0, 0.1) is 0 Å². The van der Waals surface area contributed by atoms with Crippen LogP contribution in [-0.4, -0.2) is 12.1 Å². The molecule has 1 unspecified atom stereocenters. The molecule has 0 N–H and O–H groups in total. The molecule has 0 saturated carbocycles. The van der Waals surface area contributed by atoms with Crippen LogP contribution in [0.4, 0.5) is 4.39 Å². The van der Waals surface area contributed by atoms with Crippen molar-refractivity contribution in [1.82, 2.24) is 0 Å². The average Bonchev–Trinajstić information content (AvgIpc) is 1.87. The van der Waals surface area contributed by atoms with E-state index in [0.29, 0.717) is 5.76 Å². The Labute approximate surface area is 59.7 Å². The summed E-state index contributed by atoms with van der Waals surface area (Å²) in [4.78, 5) is 10.5. The summed E-state index contributed by atoms with van der Waals surface area (Å²) in [7, 11) is 0. The highest BCUT2D eigenvalue weighted by Gasteiger charge is 2.12. The minimum Gasteiger partial charge on any atom is -0.430 e. The highest BCUT2D eigenvalue weighted by Crippen LogP contribution is 1.99. The smallest absolute Gasteiger partial charge is 0.345 e. The van der Waals surface area contributed by atoms with Crippen molar-refractivity contribution in [3.05, 3.63) is 11.8 Å². The van der Waals surface area contributed by atoms with Crippen molar-refractivity contribution in [3.8, 4) is 0 Å². The van der Waals surface area contributed by atoms with Gasteiger partial charge in [-0.1, -0.05) is 0 Å². The third-order valence-electron chi connectivity index (χ3n) is 0.993. The van der Waals surface area contributed by atoms with Crippen LogP contribution in [-0.2, 0) is 9.53 Å². The molecule has 0 aromatic rings. The maximum absolute atomic E-state index is 12.1. The van der Waals surface area contributed by atoms with E-state index in [4.69, 9.17) is 0 Å². The Balaban J connectivity index is 3.81. The zero-order chi connectivity index (χ0) is 8.15. The number of carbonyl (C=O) groups is 1. The molecule has 0 aliphatic heterocycles. The van der Waals surface area contributed by atoms with Crippen LogP contribution in [0.25, 0.3) is 0 Å². The number of esters is 1. The first kappa shape index (κ1) is 9.14. The van der Waals surface area contributed by atoms with Gasteiger partial charge < -0.3 is 4.74 Å². The molecule has 0 radical (unpaired) electrons. The van der Waals surface area contributed by atoms with Gasteiger partial charge in [-0.2, -0.15) is 0 Å². The molecular formula is C7H11FO2. The van der Waals surface area contributed by atoms with Crippen molar-refractivity contribution >= 4 is 5.97 Å². The quantitative estimate of drug-likeness (QED) is 0.438. The molecule has 0 aromatic heterocycles. The minimum absolute atomic E-state index is 0.425. The molecule has 1 atom stereocenters. The molecule has 0 rings (SSSR count). The van der Waals surface area contributed by atoms with Crippen molar-refractivity contribution < 1.29 is 13.9 Å². The summed E-state index contributed by atoms with van der Waals surface area (Å²) >= 11 is 0. The van der Waals surface area contributed by atoms with Crippen LogP contribution < -0.4 is 0 Å². The second kappa shape index (κ2) is 4.04. The highest BCUT2D eigenvalue weighted by atomic mass is 19.1. The average molecular weight is 146 g/mol. The molecule has 3 heteroatoms. The number of carbonyl (C=O) groups excluding carboxylic acids is 1. The minimum atomic E-state index is -1.55. The molecular weight excluding hydrogens is 135 g/mol. The summed E-state index contributed by atoms with van der Waals surface area (Å²) in [6.07, 6.45) is 0.0511. The van der Waals surface area contributed by atoms with Gasteiger partial charge in [-0.25, -0.2) is 9.18 Å². The fraction of sp³-hybridized carbons (Fsp3) is 0.571. The van der Waals surface area contributed by atoms with Crippen LogP contribution in [0.15, 0.2) is 11.8 Å². The van der Waals surface area contributed by atoms with E-state index in [1.54, 1.807) is 19.9 Å². The van der Waals surface area contributed by atoms with Crippen LogP contribution in [0.3, 0.4) is 0 Å². The number of halogens is 1. The zero-order valence-electron chi connectivity index (χ0n) is 6.35. The van der Waals surface area contributed by atoms with Crippen LogP contribution in [0.1, 0.15) is 20.8 Å². The maximum atomic E-state index is 12.1. The summed E-state index contributed by atoms with van der Waals surface area (Å²) < 4.78 is 16.6. The number of hydrogen-bond acceptors (Lipinski definition) is 2. The molecule has 0 heterocycles. The van der Waals surface area contributed by atoms with Gasteiger partial charge in [0.15, 0.2) is 6.17 Å². The second-order valence-electron chi connectivity index (χ2n) is 1.94. The Kier molecular flexibility index (Phi) is 3.69. The molecule has 0 aliphatic rings. The molecule has 0 amide bonds. The molecule has 0 saturated heterocycles. The lowest BCUT2D eigenvalue weighted by atomic mass is 10.4. The predicted molar refractivity (Wildman–Crippen MR) is 36.1 cm³/mol. The van der Waals surface area contributed by atoms with E-state index in [1.165, 1.54) is 0 Å². The monoisotopic (exact) mass is 146 g/mol. The SMILES string of the molecule is C/C=C(\C)OC(=O)C(C)F. The molecule has 0 bridgehead atoms. The standard InChI is InChI=1S/C7H11FO2/c1-4-5(2)10-7(9)6(3)8/h4,6H,1-3H3/b5-4+. The van der Waals surface area contributed by atoms with Crippen LogP contribution >= 0.6 is 0 Å². The van der Waals surface area contributed by atoms with Gasteiger partial charge in [0, 0.05) is 0 Å². The summed E-state index contributed by atoms with van der Waals surface area (Å²) in [5, 5.41) is 0. The van der Waals surface area contributed by atoms with Gasteiger partial charge in [-0.05, 0) is 26.8 Å². The fourth-order valence-electron chi connectivity index (χ4n) is 0.299. The Morgan fingerprint density at radius 2 is 2.20 bits per heavy atom. The van der Waals surface area contributed by atoms with Gasteiger partial charge in [0.2, 0.25) is 0 Å². The zero-order valence-corrected chi connectivity index (χ0v) is 6.35. The summed E-state index contributed by atoms with van der Waals surface area (Å²) in [6.45, 7) is 4.46. The molecule has 0 aromatic carbocycles. The third kappa shape index (κ3) is 3.22. The number of alkyl halides is 1. The topological polar surface area (TPSA) is 26.3 Å². The number of hydrogen-bond donors (Lipinski definition) is 0. The predicted octanol–water partition coefficient (Wildman–Crippen LogP) is 1.81. The summed E-state index contributed by atoms with van der Waals surface area (Å²) in [5.74, 6) is -0.412. The fourth-order valence-corrected chi connectivity index (χ4v) is 0.299. The first-order chi connectivity index (χ1) is 4.57. The number of ether oxygens (including phenoxy) is 1. The van der Waals surface area contributed by atoms with Crippen LogP contribution in [0.2, 0.25) is 0 Å². The molecule has 58 valence electrons. The van der Waals surface area contributed by atoms with Gasteiger partial charge in [0.25, 0.3) is 0 Å². The number of rotatable bonds is 2. The first-order valence-corrected chi connectivity index (χ1v) is 3.06. The van der Waals surface area contributed by atoms with Gasteiger partial charge in [-0.15, -0.1) is 0 Å². The first-order valence-electron chi connectivity index (χ1n) is 3.06. The van der Waals surface area contributed by atoms with Gasteiger partial charge in [0.05, 0.1) is 0 Å². The Morgan fingerprint density at radius 1 is 1.70 bits per heavy atom. The van der Waals surface area contributed by atoms with Crippen molar-refractivity contribution in [2.75, 3.05) is 0 Å². The van der Waals surface area contributed by atoms with E-state index in [0.717, 1.165) is 6.92 Å². The normalized spacial score (nSPS) is 14.6. The lowest BCUT2D eigenvalue weighted by Gasteiger charge is -2.02. The number of allylic oxidation sites excluding steroid dienone is 2. The van der Waals surface area contributed by atoms with E-state index < -0.39 is 12.1 Å². The van der Waals surface area contributed by atoms with E-state index >= 15 is 0 Å². The maximum Gasteiger partial charge on any atom is 0.345 e. The van der Waals surface area contributed by atoms with E-state index in [2.05, 4.69) is 4.74 Å². The Bertz CT molecular complexity index is 150. The Hall–Kier alpha value is -0.860. The lowest BCUT2D eigenvalue weighted by Crippen LogP contribution is -2.13. The van der Waals surface area contributed by atoms with E-state index in [1.807, 2.05) is 0 Å². The van der Waals surface area contributed by atoms with E-state index in [-0.39, 0.29) is 0 Å².